The van der Waals surface area contributed by atoms with Crippen LogP contribution in [0.25, 0.3) is 5.65 Å². The first-order valence-corrected chi connectivity index (χ1v) is 8.02. The normalized spacial score (nSPS) is 21.4. The van der Waals surface area contributed by atoms with Crippen molar-refractivity contribution in [2.75, 3.05) is 33.7 Å². The van der Waals surface area contributed by atoms with Crippen molar-refractivity contribution in [2.45, 2.75) is 18.4 Å². The van der Waals surface area contributed by atoms with Gasteiger partial charge in [0.1, 0.15) is 11.2 Å². The molecule has 1 atom stereocenters. The van der Waals surface area contributed by atoms with Crippen LogP contribution in [-0.2, 0) is 0 Å². The summed E-state index contributed by atoms with van der Waals surface area (Å²) in [5.41, 5.74) is -0.792. The molecule has 1 amide bonds. The summed E-state index contributed by atoms with van der Waals surface area (Å²) < 4.78 is 1.36. The third-order valence-corrected chi connectivity index (χ3v) is 4.30. The number of hydrogen-bond donors (Lipinski definition) is 1. The van der Waals surface area contributed by atoms with E-state index in [1.807, 2.05) is 19.0 Å². The Morgan fingerprint density at radius 1 is 1.42 bits per heavy atom. The lowest BCUT2D eigenvalue weighted by Crippen LogP contribution is -2.55. The molecule has 0 spiro atoms. The molecule has 2 aromatic rings. The van der Waals surface area contributed by atoms with Crippen molar-refractivity contribution in [1.82, 2.24) is 19.2 Å². The molecule has 0 aromatic carbocycles. The number of β-amino-alcohol motifs (C(OH)–C–C–N with tert-alkyl or cyclic N) is 1. The lowest BCUT2D eigenvalue weighted by atomic mass is 9.92. The minimum atomic E-state index is -0.947. The highest BCUT2D eigenvalue weighted by Gasteiger charge is 2.36. The van der Waals surface area contributed by atoms with Gasteiger partial charge in [0.15, 0.2) is 0 Å². The molecule has 0 unspecified atom stereocenters. The van der Waals surface area contributed by atoms with Gasteiger partial charge >= 0.3 is 0 Å². The van der Waals surface area contributed by atoms with Crippen LogP contribution in [0.15, 0.2) is 35.4 Å². The molecular weight excluding hydrogens is 308 g/mol. The zero-order valence-corrected chi connectivity index (χ0v) is 14.0. The average Bonchev–Trinajstić information content (AvgIpc) is 2.54. The van der Waals surface area contributed by atoms with Crippen LogP contribution < -0.4 is 5.56 Å². The van der Waals surface area contributed by atoms with Gasteiger partial charge < -0.3 is 14.9 Å². The predicted octanol–water partition coefficient (Wildman–Crippen LogP) is 0.223. The van der Waals surface area contributed by atoms with Gasteiger partial charge in [-0.05, 0) is 39.1 Å². The number of rotatable bonds is 3. The van der Waals surface area contributed by atoms with Gasteiger partial charge in [-0.15, -0.1) is 0 Å². The van der Waals surface area contributed by atoms with Crippen molar-refractivity contribution in [3.63, 3.8) is 0 Å². The summed E-state index contributed by atoms with van der Waals surface area (Å²) in [5, 5.41) is 10.7. The van der Waals surface area contributed by atoms with Crippen LogP contribution in [0.2, 0.25) is 0 Å². The van der Waals surface area contributed by atoms with Crippen molar-refractivity contribution in [2.24, 2.45) is 0 Å². The lowest BCUT2D eigenvalue weighted by Gasteiger charge is -2.40. The van der Waals surface area contributed by atoms with E-state index in [-0.39, 0.29) is 23.6 Å². The molecule has 1 saturated heterocycles. The SMILES string of the molecule is CN(C)C[C@]1(O)CCCN(C(=O)c2cnc3ccccn3c2=O)C1. The quantitative estimate of drug-likeness (QED) is 0.871. The zero-order valence-electron chi connectivity index (χ0n) is 14.0. The van der Waals surface area contributed by atoms with E-state index in [9.17, 15) is 14.7 Å². The molecule has 24 heavy (non-hydrogen) atoms. The van der Waals surface area contributed by atoms with Crippen LogP contribution in [0.5, 0.6) is 0 Å². The zero-order chi connectivity index (χ0) is 17.3. The van der Waals surface area contributed by atoms with Crippen molar-refractivity contribution in [1.29, 1.82) is 0 Å². The minimum absolute atomic E-state index is 0.0350. The Morgan fingerprint density at radius 3 is 2.96 bits per heavy atom. The Bertz CT molecular complexity index is 817. The fraction of sp³-hybridized carbons (Fsp3) is 0.471. The van der Waals surface area contributed by atoms with E-state index in [1.165, 1.54) is 10.6 Å². The number of carbonyl (C=O) groups is 1. The predicted molar refractivity (Wildman–Crippen MR) is 90.1 cm³/mol. The summed E-state index contributed by atoms with van der Waals surface area (Å²) in [6.45, 7) is 1.23. The van der Waals surface area contributed by atoms with E-state index in [0.717, 1.165) is 0 Å². The molecule has 128 valence electrons. The van der Waals surface area contributed by atoms with Crippen LogP contribution in [0.1, 0.15) is 23.2 Å². The van der Waals surface area contributed by atoms with Gasteiger partial charge in [0.2, 0.25) is 0 Å². The highest BCUT2D eigenvalue weighted by atomic mass is 16.3. The molecule has 0 radical (unpaired) electrons. The molecule has 0 aliphatic carbocycles. The molecule has 2 aromatic heterocycles. The van der Waals surface area contributed by atoms with E-state index >= 15 is 0 Å². The maximum atomic E-state index is 12.8. The van der Waals surface area contributed by atoms with Crippen LogP contribution >= 0.6 is 0 Å². The Labute approximate surface area is 140 Å². The van der Waals surface area contributed by atoms with Crippen molar-refractivity contribution in [3.05, 3.63) is 46.5 Å². The minimum Gasteiger partial charge on any atom is -0.387 e. The summed E-state index contributed by atoms with van der Waals surface area (Å²) >= 11 is 0. The first kappa shape index (κ1) is 16.6. The number of likely N-dealkylation sites (N-methyl/N-ethyl adjacent to an activating group) is 1. The van der Waals surface area contributed by atoms with E-state index < -0.39 is 5.60 Å². The summed E-state index contributed by atoms with van der Waals surface area (Å²) in [5.74, 6) is -0.373. The number of fused-ring (bicyclic) bond motifs is 1. The van der Waals surface area contributed by atoms with Crippen LogP contribution in [0.4, 0.5) is 0 Å². The van der Waals surface area contributed by atoms with Gasteiger partial charge in [0.05, 0.1) is 12.1 Å². The standard InChI is InChI=1S/C17H22N4O3/c1-19(2)11-17(24)7-5-8-20(12-17)15(22)13-10-18-14-6-3-4-9-21(14)16(13)23/h3-4,6,9-10,24H,5,7-8,11-12H2,1-2H3/t17-/m1/s1. The number of pyridine rings is 1. The largest absolute Gasteiger partial charge is 0.387 e. The van der Waals surface area contributed by atoms with E-state index in [4.69, 9.17) is 0 Å². The highest BCUT2D eigenvalue weighted by Crippen LogP contribution is 2.22. The number of nitrogens with zero attached hydrogens (tertiary/aromatic N) is 4. The first-order valence-electron chi connectivity index (χ1n) is 8.02. The highest BCUT2D eigenvalue weighted by molar-refractivity contribution is 5.93. The second kappa shape index (κ2) is 6.33. The molecule has 1 aliphatic rings. The molecule has 1 aliphatic heterocycles. The van der Waals surface area contributed by atoms with Crippen molar-refractivity contribution in [3.8, 4) is 0 Å². The Morgan fingerprint density at radius 2 is 2.21 bits per heavy atom. The lowest BCUT2D eigenvalue weighted by molar-refractivity contribution is -0.0392. The van der Waals surface area contributed by atoms with Gasteiger partial charge in [0, 0.05) is 25.5 Å². The topological polar surface area (TPSA) is 78.2 Å². The van der Waals surface area contributed by atoms with Crippen LogP contribution in [-0.4, -0.2) is 69.5 Å². The van der Waals surface area contributed by atoms with Gasteiger partial charge in [-0.2, -0.15) is 0 Å². The van der Waals surface area contributed by atoms with Crippen molar-refractivity contribution < 1.29 is 9.90 Å². The maximum absolute atomic E-state index is 12.8. The van der Waals surface area contributed by atoms with Gasteiger partial charge in [-0.1, -0.05) is 6.07 Å². The number of amides is 1. The van der Waals surface area contributed by atoms with Crippen LogP contribution in [0.3, 0.4) is 0 Å². The molecule has 1 N–H and O–H groups in total. The van der Waals surface area contributed by atoms with Gasteiger partial charge in [-0.3, -0.25) is 14.0 Å². The molecule has 0 bridgehead atoms. The molecular formula is C17H22N4O3. The van der Waals surface area contributed by atoms with E-state index in [0.29, 0.717) is 31.6 Å². The second-order valence-corrected chi connectivity index (χ2v) is 6.70. The van der Waals surface area contributed by atoms with Crippen molar-refractivity contribution >= 4 is 11.6 Å². The number of aliphatic hydroxyl groups is 1. The average molecular weight is 330 g/mol. The van der Waals surface area contributed by atoms with Gasteiger partial charge in [-0.25, -0.2) is 4.98 Å². The first-order chi connectivity index (χ1) is 11.4. The maximum Gasteiger partial charge on any atom is 0.270 e. The van der Waals surface area contributed by atoms with E-state index in [2.05, 4.69) is 4.98 Å². The van der Waals surface area contributed by atoms with Crippen LogP contribution in [0, 0.1) is 0 Å². The third kappa shape index (κ3) is 3.18. The second-order valence-electron chi connectivity index (χ2n) is 6.70. The molecule has 7 nitrogen and oxygen atoms in total. The smallest absolute Gasteiger partial charge is 0.270 e. The summed E-state index contributed by atoms with van der Waals surface area (Å²) in [7, 11) is 3.77. The Hall–Kier alpha value is -2.25. The fourth-order valence-corrected chi connectivity index (χ4v) is 3.35. The number of aromatic nitrogens is 2. The number of likely N-dealkylation sites (tertiary alicyclic amines) is 1. The summed E-state index contributed by atoms with van der Waals surface area (Å²) in [6.07, 6.45) is 4.28. The number of carbonyl (C=O) groups excluding carboxylic acids is 1. The molecule has 3 heterocycles. The monoisotopic (exact) mass is 330 g/mol. The molecule has 0 saturated carbocycles. The Kier molecular flexibility index (Phi) is 4.38. The fourth-order valence-electron chi connectivity index (χ4n) is 3.35. The van der Waals surface area contributed by atoms with E-state index in [1.54, 1.807) is 29.3 Å². The summed E-state index contributed by atoms with van der Waals surface area (Å²) in [4.78, 5) is 33.0. The molecule has 7 heteroatoms. The molecule has 3 rings (SSSR count). The Balaban J connectivity index is 1.89. The number of piperidine rings is 1. The summed E-state index contributed by atoms with van der Waals surface area (Å²) in [6, 6.07) is 5.22. The number of hydrogen-bond acceptors (Lipinski definition) is 5. The molecule has 1 fully saturated rings. The third-order valence-electron chi connectivity index (χ3n) is 4.30. The van der Waals surface area contributed by atoms with Gasteiger partial charge in [0.25, 0.3) is 11.5 Å².